The van der Waals surface area contributed by atoms with Gasteiger partial charge in [-0.1, -0.05) is 80.1 Å². The molecule has 0 aromatic carbocycles. The van der Waals surface area contributed by atoms with Crippen LogP contribution in [0.25, 0.3) is 0 Å². The molecule has 0 aliphatic rings. The van der Waals surface area contributed by atoms with E-state index in [0.717, 1.165) is 18.3 Å². The van der Waals surface area contributed by atoms with Gasteiger partial charge in [0.25, 0.3) is 5.95 Å². The Bertz CT molecular complexity index is 706. The first-order valence-electron chi connectivity index (χ1n) is 13.3. The first-order chi connectivity index (χ1) is 16.1. The molecule has 0 fully saturated rings. The first-order valence-corrected chi connectivity index (χ1v) is 13.3. The van der Waals surface area contributed by atoms with Crippen molar-refractivity contribution in [3.63, 3.8) is 0 Å². The maximum atomic E-state index is 12.4. The number of hydrogen-bond donors (Lipinski definition) is 1. The Morgan fingerprint density at radius 1 is 0.943 bits per heavy atom. The molecule has 0 spiro atoms. The standard InChI is InChI=1S/C28H49NO5.ClH/c1-7-28(8-2,20-29)34-26(31)19-24(30)25-15-16-27(33-25)32-18-17-23(6)14-10-13-22(5)12-9-11-21(3)4;/h15-16,21-23H,7-14,17-20,29H2,1-6H3;1H. The summed E-state index contributed by atoms with van der Waals surface area (Å²) >= 11 is 0. The lowest BCUT2D eigenvalue weighted by Crippen LogP contribution is -2.41. The van der Waals surface area contributed by atoms with E-state index in [1.54, 1.807) is 12.1 Å². The lowest BCUT2D eigenvalue weighted by atomic mass is 9.93. The number of furan rings is 1. The topological polar surface area (TPSA) is 91.8 Å². The van der Waals surface area contributed by atoms with Crippen molar-refractivity contribution < 1.29 is 23.5 Å². The molecule has 6 nitrogen and oxygen atoms in total. The third-order valence-electron chi connectivity index (χ3n) is 6.88. The summed E-state index contributed by atoms with van der Waals surface area (Å²) in [6.45, 7) is 13.8. The van der Waals surface area contributed by atoms with Crippen LogP contribution in [0.15, 0.2) is 16.5 Å². The molecule has 1 aromatic heterocycles. The predicted octanol–water partition coefficient (Wildman–Crippen LogP) is 7.37. The van der Waals surface area contributed by atoms with Crippen molar-refractivity contribution in [2.24, 2.45) is 23.5 Å². The number of halogens is 1. The Morgan fingerprint density at radius 3 is 2.06 bits per heavy atom. The fraction of sp³-hybridized carbons (Fsp3) is 0.786. The van der Waals surface area contributed by atoms with Crippen LogP contribution >= 0.6 is 12.4 Å². The zero-order valence-electron chi connectivity index (χ0n) is 22.9. The highest BCUT2D eigenvalue weighted by Gasteiger charge is 2.30. The fourth-order valence-corrected chi connectivity index (χ4v) is 4.11. The molecular formula is C28H50ClNO5. The summed E-state index contributed by atoms with van der Waals surface area (Å²) in [5.41, 5.74) is 5.05. The van der Waals surface area contributed by atoms with Crippen molar-refractivity contribution in [3.05, 3.63) is 17.9 Å². The van der Waals surface area contributed by atoms with Gasteiger partial charge in [-0.2, -0.15) is 0 Å². The van der Waals surface area contributed by atoms with Crippen LogP contribution in [0.4, 0.5) is 0 Å². The lowest BCUT2D eigenvalue weighted by molar-refractivity contribution is -0.158. The van der Waals surface area contributed by atoms with Crippen LogP contribution in [0.5, 0.6) is 5.95 Å². The van der Waals surface area contributed by atoms with Crippen LogP contribution in [0, 0.1) is 17.8 Å². The van der Waals surface area contributed by atoms with Crippen molar-refractivity contribution in [2.75, 3.05) is 13.2 Å². The molecule has 2 N–H and O–H groups in total. The molecule has 7 heteroatoms. The van der Waals surface area contributed by atoms with Crippen LogP contribution in [0.2, 0.25) is 0 Å². The van der Waals surface area contributed by atoms with Crippen LogP contribution in [0.3, 0.4) is 0 Å². The second kappa shape index (κ2) is 17.8. The molecule has 0 saturated carbocycles. The Balaban J connectivity index is 0.0000116. The van der Waals surface area contributed by atoms with Gasteiger partial charge in [-0.3, -0.25) is 9.59 Å². The van der Waals surface area contributed by atoms with Gasteiger partial charge in [0.1, 0.15) is 12.0 Å². The Labute approximate surface area is 219 Å². The summed E-state index contributed by atoms with van der Waals surface area (Å²) in [5, 5.41) is 0. The molecule has 0 saturated heterocycles. The monoisotopic (exact) mass is 515 g/mol. The molecule has 2 atom stereocenters. The number of ether oxygens (including phenoxy) is 2. The largest absolute Gasteiger partial charge is 0.465 e. The maximum absolute atomic E-state index is 12.4. The highest BCUT2D eigenvalue weighted by atomic mass is 35.5. The smallest absolute Gasteiger partial charge is 0.314 e. The van der Waals surface area contributed by atoms with Gasteiger partial charge in [-0.15, -0.1) is 12.4 Å². The van der Waals surface area contributed by atoms with E-state index in [0.29, 0.717) is 31.3 Å². The molecule has 1 aromatic rings. The minimum absolute atomic E-state index is 0. The van der Waals surface area contributed by atoms with E-state index in [1.807, 2.05) is 13.8 Å². The molecule has 35 heavy (non-hydrogen) atoms. The number of hydrogen-bond acceptors (Lipinski definition) is 6. The van der Waals surface area contributed by atoms with E-state index in [1.165, 1.54) is 38.5 Å². The molecular weight excluding hydrogens is 466 g/mol. The second-order valence-electron chi connectivity index (χ2n) is 10.4. The molecule has 204 valence electrons. The minimum Gasteiger partial charge on any atom is -0.465 e. The third kappa shape index (κ3) is 13.4. The quantitative estimate of drug-likeness (QED) is 0.117. The number of esters is 1. The minimum atomic E-state index is -0.711. The van der Waals surface area contributed by atoms with E-state index in [9.17, 15) is 9.59 Å². The summed E-state index contributed by atoms with van der Waals surface area (Å²) < 4.78 is 16.7. The van der Waals surface area contributed by atoms with Gasteiger partial charge in [0.05, 0.1) is 6.61 Å². The van der Waals surface area contributed by atoms with E-state index in [2.05, 4.69) is 27.7 Å². The number of carbonyl (C=O) groups is 2. The number of nitrogens with two attached hydrogens (primary N) is 1. The van der Waals surface area contributed by atoms with Crippen LogP contribution in [-0.4, -0.2) is 30.5 Å². The molecule has 1 heterocycles. The van der Waals surface area contributed by atoms with Crippen LogP contribution in [0.1, 0.15) is 116 Å². The lowest BCUT2D eigenvalue weighted by Gasteiger charge is -2.29. The molecule has 0 aliphatic heterocycles. The van der Waals surface area contributed by atoms with Crippen molar-refractivity contribution in [1.29, 1.82) is 0 Å². The van der Waals surface area contributed by atoms with Gasteiger partial charge in [0.15, 0.2) is 5.76 Å². The van der Waals surface area contributed by atoms with Gasteiger partial charge < -0.3 is 19.6 Å². The molecule has 0 radical (unpaired) electrons. The Morgan fingerprint density at radius 2 is 1.51 bits per heavy atom. The predicted molar refractivity (Wildman–Crippen MR) is 144 cm³/mol. The average Bonchev–Trinajstić information content (AvgIpc) is 3.26. The Hall–Kier alpha value is -1.53. The van der Waals surface area contributed by atoms with E-state index >= 15 is 0 Å². The first kappa shape index (κ1) is 33.5. The van der Waals surface area contributed by atoms with Gasteiger partial charge in [0, 0.05) is 12.6 Å². The zero-order valence-corrected chi connectivity index (χ0v) is 23.7. The van der Waals surface area contributed by atoms with Crippen molar-refractivity contribution in [1.82, 2.24) is 0 Å². The van der Waals surface area contributed by atoms with Crippen LogP contribution in [-0.2, 0) is 9.53 Å². The molecule has 0 aliphatic carbocycles. The summed E-state index contributed by atoms with van der Waals surface area (Å²) in [6.07, 6.45) is 9.51. The van der Waals surface area contributed by atoms with Crippen LogP contribution < -0.4 is 10.5 Å². The summed E-state index contributed by atoms with van der Waals surface area (Å²) in [7, 11) is 0. The number of carbonyl (C=O) groups excluding carboxylic acids is 2. The summed E-state index contributed by atoms with van der Waals surface area (Å²) in [6, 6.07) is 3.18. The van der Waals surface area contributed by atoms with Gasteiger partial charge in [0.2, 0.25) is 5.78 Å². The van der Waals surface area contributed by atoms with E-state index in [-0.39, 0.29) is 31.1 Å². The Kier molecular flexibility index (Phi) is 17.0. The highest BCUT2D eigenvalue weighted by Crippen LogP contribution is 2.23. The highest BCUT2D eigenvalue weighted by molar-refractivity contribution is 6.04. The second-order valence-corrected chi connectivity index (χ2v) is 10.4. The number of Topliss-reactive ketones (excluding diaryl/α,β-unsaturated/α-hetero) is 1. The van der Waals surface area contributed by atoms with Gasteiger partial charge in [-0.25, -0.2) is 0 Å². The summed E-state index contributed by atoms with van der Waals surface area (Å²) in [4.78, 5) is 24.6. The van der Waals surface area contributed by atoms with Crippen molar-refractivity contribution in [2.45, 2.75) is 111 Å². The molecule has 0 amide bonds. The number of rotatable bonds is 19. The van der Waals surface area contributed by atoms with Crippen molar-refractivity contribution >= 4 is 24.2 Å². The summed E-state index contributed by atoms with van der Waals surface area (Å²) in [5.74, 6) is 1.59. The normalized spacial score (nSPS) is 13.3. The van der Waals surface area contributed by atoms with E-state index in [4.69, 9.17) is 19.6 Å². The molecule has 2 unspecified atom stereocenters. The van der Waals surface area contributed by atoms with Gasteiger partial charge in [-0.05, 0) is 43.1 Å². The number of ketones is 1. The average molecular weight is 516 g/mol. The molecule has 0 bridgehead atoms. The molecule has 1 rings (SSSR count). The zero-order chi connectivity index (χ0) is 25.6. The van der Waals surface area contributed by atoms with Gasteiger partial charge >= 0.3 is 5.97 Å². The third-order valence-corrected chi connectivity index (χ3v) is 6.88. The van der Waals surface area contributed by atoms with E-state index < -0.39 is 17.4 Å². The fourth-order valence-electron chi connectivity index (χ4n) is 4.11. The maximum Gasteiger partial charge on any atom is 0.314 e. The SMILES string of the molecule is CCC(CC)(CN)OC(=O)CC(=O)c1ccc(OCCC(C)CCCC(C)CCCC(C)C)o1.Cl. The van der Waals surface area contributed by atoms with Crippen molar-refractivity contribution in [3.8, 4) is 5.95 Å².